The van der Waals surface area contributed by atoms with Gasteiger partial charge in [-0.2, -0.15) is 0 Å². The van der Waals surface area contributed by atoms with Crippen LogP contribution >= 0.6 is 11.3 Å². The molecule has 0 bridgehead atoms. The highest BCUT2D eigenvalue weighted by atomic mass is 32.1. The highest BCUT2D eigenvalue weighted by Crippen LogP contribution is 2.31. The SMILES string of the molecule is Cc1ccc(C2(O)CCN(C(=O)C=Cc3cc(CO)cs3)CC2)nc1. The fourth-order valence-electron chi connectivity index (χ4n) is 2.92. The Labute approximate surface area is 151 Å². The molecule has 1 saturated heterocycles. The summed E-state index contributed by atoms with van der Waals surface area (Å²) in [7, 11) is 0. The van der Waals surface area contributed by atoms with Gasteiger partial charge in [0.2, 0.25) is 5.91 Å². The number of aromatic nitrogens is 1. The summed E-state index contributed by atoms with van der Waals surface area (Å²) in [6.07, 6.45) is 6.05. The average Bonchev–Trinajstić information content (AvgIpc) is 3.09. The Hall–Kier alpha value is -2.02. The first-order valence-corrected chi connectivity index (χ1v) is 9.19. The number of thiophene rings is 1. The van der Waals surface area contributed by atoms with E-state index in [0.29, 0.717) is 31.6 Å². The monoisotopic (exact) mass is 358 g/mol. The van der Waals surface area contributed by atoms with E-state index >= 15 is 0 Å². The maximum absolute atomic E-state index is 12.3. The minimum Gasteiger partial charge on any atom is -0.392 e. The summed E-state index contributed by atoms with van der Waals surface area (Å²) in [6.45, 7) is 2.98. The van der Waals surface area contributed by atoms with E-state index in [0.717, 1.165) is 16.0 Å². The van der Waals surface area contributed by atoms with Gasteiger partial charge < -0.3 is 15.1 Å². The fraction of sp³-hybridized carbons (Fsp3) is 0.368. The molecule has 132 valence electrons. The third kappa shape index (κ3) is 4.15. The van der Waals surface area contributed by atoms with E-state index in [1.165, 1.54) is 11.3 Å². The number of piperidine rings is 1. The van der Waals surface area contributed by atoms with Crippen LogP contribution in [0.5, 0.6) is 0 Å². The van der Waals surface area contributed by atoms with Gasteiger partial charge in [0.15, 0.2) is 0 Å². The Kier molecular flexibility index (Phi) is 5.32. The van der Waals surface area contributed by atoms with Crippen LogP contribution in [0.1, 0.15) is 34.5 Å². The predicted molar refractivity (Wildman–Crippen MR) is 98.0 cm³/mol. The minimum atomic E-state index is -0.960. The number of pyridine rings is 1. The van der Waals surface area contributed by atoms with E-state index in [9.17, 15) is 9.90 Å². The number of aryl methyl sites for hydroxylation is 1. The van der Waals surface area contributed by atoms with Crippen molar-refractivity contribution in [3.05, 3.63) is 57.6 Å². The second-order valence-electron chi connectivity index (χ2n) is 6.43. The second kappa shape index (κ2) is 7.47. The van der Waals surface area contributed by atoms with Crippen molar-refractivity contribution >= 4 is 23.3 Å². The van der Waals surface area contributed by atoms with Gasteiger partial charge in [0, 0.05) is 30.2 Å². The molecule has 2 aromatic rings. The normalized spacial score (nSPS) is 17.2. The molecule has 3 rings (SSSR count). The first-order chi connectivity index (χ1) is 12.0. The molecule has 0 radical (unpaired) electrons. The van der Waals surface area contributed by atoms with E-state index in [-0.39, 0.29) is 12.5 Å². The van der Waals surface area contributed by atoms with Gasteiger partial charge in [0.25, 0.3) is 0 Å². The molecule has 5 nitrogen and oxygen atoms in total. The molecule has 0 spiro atoms. The Balaban J connectivity index is 1.59. The molecular formula is C19H22N2O3S. The number of hydrogen-bond acceptors (Lipinski definition) is 5. The topological polar surface area (TPSA) is 73.7 Å². The van der Waals surface area contributed by atoms with Gasteiger partial charge in [0.05, 0.1) is 12.3 Å². The third-order valence-corrected chi connectivity index (χ3v) is 5.48. The van der Waals surface area contributed by atoms with E-state index < -0.39 is 5.60 Å². The van der Waals surface area contributed by atoms with Crippen molar-refractivity contribution in [3.8, 4) is 0 Å². The Morgan fingerprint density at radius 2 is 2.16 bits per heavy atom. The van der Waals surface area contributed by atoms with Crippen LogP contribution in [-0.4, -0.2) is 39.1 Å². The lowest BCUT2D eigenvalue weighted by Gasteiger charge is -2.37. The summed E-state index contributed by atoms with van der Waals surface area (Å²) >= 11 is 1.50. The van der Waals surface area contributed by atoms with Crippen molar-refractivity contribution < 1.29 is 15.0 Å². The highest BCUT2D eigenvalue weighted by molar-refractivity contribution is 7.11. The zero-order chi connectivity index (χ0) is 17.9. The van der Waals surface area contributed by atoms with E-state index in [4.69, 9.17) is 5.11 Å². The van der Waals surface area contributed by atoms with Crippen LogP contribution in [0.25, 0.3) is 6.08 Å². The largest absolute Gasteiger partial charge is 0.392 e. The zero-order valence-corrected chi connectivity index (χ0v) is 15.0. The first-order valence-electron chi connectivity index (χ1n) is 8.31. The summed E-state index contributed by atoms with van der Waals surface area (Å²) in [5.74, 6) is -0.0575. The zero-order valence-electron chi connectivity index (χ0n) is 14.2. The quantitative estimate of drug-likeness (QED) is 0.824. The van der Waals surface area contributed by atoms with Crippen LogP contribution in [0, 0.1) is 6.92 Å². The third-order valence-electron chi connectivity index (χ3n) is 4.54. The van der Waals surface area contributed by atoms with Gasteiger partial charge >= 0.3 is 0 Å². The maximum atomic E-state index is 12.3. The van der Waals surface area contributed by atoms with Gasteiger partial charge in [-0.25, -0.2) is 0 Å². The molecule has 0 unspecified atom stereocenters. The van der Waals surface area contributed by atoms with E-state index in [1.807, 2.05) is 30.5 Å². The lowest BCUT2D eigenvalue weighted by Crippen LogP contribution is -2.45. The van der Waals surface area contributed by atoms with Crippen LogP contribution in [0.3, 0.4) is 0 Å². The Morgan fingerprint density at radius 1 is 1.40 bits per heavy atom. The van der Waals surface area contributed by atoms with Crippen molar-refractivity contribution in [2.75, 3.05) is 13.1 Å². The molecule has 2 N–H and O–H groups in total. The molecule has 1 aliphatic heterocycles. The number of carbonyl (C=O) groups is 1. The van der Waals surface area contributed by atoms with Gasteiger partial charge in [-0.3, -0.25) is 9.78 Å². The number of likely N-dealkylation sites (tertiary alicyclic amines) is 1. The first kappa shape index (κ1) is 17.8. The number of aliphatic hydroxyl groups excluding tert-OH is 1. The molecule has 25 heavy (non-hydrogen) atoms. The Morgan fingerprint density at radius 3 is 2.76 bits per heavy atom. The van der Waals surface area contributed by atoms with Crippen LogP contribution in [0.15, 0.2) is 35.9 Å². The molecule has 0 saturated carbocycles. The number of nitrogens with zero attached hydrogens (tertiary/aromatic N) is 2. The van der Waals surface area contributed by atoms with Crippen molar-refractivity contribution in [2.24, 2.45) is 0 Å². The van der Waals surface area contributed by atoms with Gasteiger partial charge in [-0.1, -0.05) is 6.07 Å². The molecule has 0 aromatic carbocycles. The fourth-order valence-corrected chi connectivity index (χ4v) is 3.72. The van der Waals surface area contributed by atoms with Crippen molar-refractivity contribution in [1.82, 2.24) is 9.88 Å². The standard InChI is InChI=1S/C19H22N2O3S/c1-14-2-4-17(20-11-14)19(24)6-8-21(9-7-19)18(23)5-3-16-10-15(12-22)13-25-16/h2-5,10-11,13,22,24H,6-9,12H2,1H3. The summed E-state index contributed by atoms with van der Waals surface area (Å²) in [5.41, 5.74) is 1.63. The van der Waals surface area contributed by atoms with E-state index in [2.05, 4.69) is 4.98 Å². The Bertz CT molecular complexity index is 759. The lowest BCUT2D eigenvalue weighted by atomic mass is 9.87. The summed E-state index contributed by atoms with van der Waals surface area (Å²) < 4.78 is 0. The van der Waals surface area contributed by atoms with Crippen LogP contribution in [0.2, 0.25) is 0 Å². The van der Waals surface area contributed by atoms with Crippen LogP contribution < -0.4 is 0 Å². The number of rotatable bonds is 4. The van der Waals surface area contributed by atoms with Crippen LogP contribution in [-0.2, 0) is 17.0 Å². The van der Waals surface area contributed by atoms with Crippen molar-refractivity contribution in [2.45, 2.75) is 32.0 Å². The van der Waals surface area contributed by atoms with Crippen molar-refractivity contribution in [3.63, 3.8) is 0 Å². The van der Waals surface area contributed by atoms with Crippen molar-refractivity contribution in [1.29, 1.82) is 0 Å². The number of carbonyl (C=O) groups excluding carboxylic acids is 1. The summed E-state index contributed by atoms with van der Waals surface area (Å²) in [6, 6.07) is 5.68. The number of amides is 1. The average molecular weight is 358 g/mol. The van der Waals surface area contributed by atoms with Gasteiger partial charge in [0.1, 0.15) is 5.60 Å². The molecule has 2 aromatic heterocycles. The molecule has 3 heterocycles. The second-order valence-corrected chi connectivity index (χ2v) is 7.37. The molecule has 1 aliphatic rings. The molecular weight excluding hydrogens is 336 g/mol. The molecule has 1 amide bonds. The summed E-state index contributed by atoms with van der Waals surface area (Å²) in [4.78, 5) is 19.4. The lowest BCUT2D eigenvalue weighted by molar-refractivity contribution is -0.130. The maximum Gasteiger partial charge on any atom is 0.246 e. The smallest absolute Gasteiger partial charge is 0.246 e. The molecule has 6 heteroatoms. The number of hydrogen-bond donors (Lipinski definition) is 2. The summed E-state index contributed by atoms with van der Waals surface area (Å²) in [5, 5.41) is 21.8. The van der Waals surface area contributed by atoms with E-state index in [1.54, 1.807) is 23.2 Å². The predicted octanol–water partition coefficient (Wildman–Crippen LogP) is 2.47. The van der Waals surface area contributed by atoms with Crippen LogP contribution in [0.4, 0.5) is 0 Å². The molecule has 0 aliphatic carbocycles. The van der Waals surface area contributed by atoms with Gasteiger partial charge in [-0.15, -0.1) is 11.3 Å². The molecule has 0 atom stereocenters. The van der Waals surface area contributed by atoms with Gasteiger partial charge in [-0.05, 0) is 54.5 Å². The number of aliphatic hydroxyl groups is 2. The highest BCUT2D eigenvalue weighted by Gasteiger charge is 2.36. The molecule has 1 fully saturated rings. The minimum absolute atomic E-state index is 0.00996.